The van der Waals surface area contributed by atoms with Gasteiger partial charge in [0.15, 0.2) is 5.78 Å². The molecule has 4 nitrogen and oxygen atoms in total. The molecule has 2 rings (SSSR count). The van der Waals surface area contributed by atoms with Gasteiger partial charge in [0.1, 0.15) is 5.75 Å². The molecule has 26 heavy (non-hydrogen) atoms. The minimum Gasteiger partial charge on any atom is -0.493 e. The smallest absolute Gasteiger partial charge is 0.222 e. The number of carbonyl (C=O) groups excluding carboxylic acids is 2. The molecule has 0 saturated carbocycles. The van der Waals surface area contributed by atoms with Gasteiger partial charge >= 0.3 is 0 Å². The summed E-state index contributed by atoms with van der Waals surface area (Å²) in [5.41, 5.74) is 2.88. The number of benzene rings is 2. The second-order valence-corrected chi connectivity index (χ2v) is 6.57. The van der Waals surface area contributed by atoms with E-state index in [9.17, 15) is 9.59 Å². The summed E-state index contributed by atoms with van der Waals surface area (Å²) < 4.78 is 5.74. The molecule has 0 unspecified atom stereocenters. The Morgan fingerprint density at radius 3 is 2.35 bits per heavy atom. The Morgan fingerprint density at radius 1 is 0.962 bits per heavy atom. The van der Waals surface area contributed by atoms with Gasteiger partial charge in [-0.25, -0.2) is 0 Å². The van der Waals surface area contributed by atoms with Crippen LogP contribution in [-0.4, -0.2) is 36.8 Å². The number of aryl methyl sites for hydroxylation is 2. The van der Waals surface area contributed by atoms with E-state index in [1.807, 2.05) is 62.4 Å². The zero-order valence-corrected chi connectivity index (χ0v) is 15.8. The molecule has 1 amide bonds. The predicted molar refractivity (Wildman–Crippen MR) is 104 cm³/mol. The molecule has 0 bridgehead atoms. The highest BCUT2D eigenvalue weighted by atomic mass is 16.5. The topological polar surface area (TPSA) is 46.6 Å². The van der Waals surface area contributed by atoms with E-state index in [4.69, 9.17) is 4.74 Å². The third kappa shape index (κ3) is 6.03. The highest BCUT2D eigenvalue weighted by Crippen LogP contribution is 2.16. The molecule has 138 valence electrons. The lowest BCUT2D eigenvalue weighted by Gasteiger charge is -2.17. The lowest BCUT2D eigenvalue weighted by molar-refractivity contribution is -0.129. The van der Waals surface area contributed by atoms with E-state index in [-0.39, 0.29) is 24.5 Å². The molecule has 0 aliphatic carbocycles. The molecule has 0 N–H and O–H groups in total. The van der Waals surface area contributed by atoms with Crippen LogP contribution < -0.4 is 4.74 Å². The van der Waals surface area contributed by atoms with Crippen molar-refractivity contribution in [3.63, 3.8) is 0 Å². The Labute approximate surface area is 155 Å². The number of rotatable bonds is 9. The Kier molecular flexibility index (Phi) is 7.39. The second kappa shape index (κ2) is 9.76. The number of ketones is 1. The number of nitrogens with zero attached hydrogens (tertiary/aromatic N) is 1. The summed E-state index contributed by atoms with van der Waals surface area (Å²) in [7, 11) is 1.77. The third-order valence-corrected chi connectivity index (χ3v) is 4.35. The maximum absolute atomic E-state index is 12.2. The van der Waals surface area contributed by atoms with E-state index >= 15 is 0 Å². The van der Waals surface area contributed by atoms with Crippen molar-refractivity contribution >= 4 is 11.7 Å². The number of amides is 1. The lowest BCUT2D eigenvalue weighted by atomic mass is 10.0. The highest BCUT2D eigenvalue weighted by Gasteiger charge is 2.12. The van der Waals surface area contributed by atoms with Gasteiger partial charge in [-0.3, -0.25) is 9.59 Å². The molecule has 4 heteroatoms. The van der Waals surface area contributed by atoms with Crippen LogP contribution in [0.1, 0.15) is 40.7 Å². The van der Waals surface area contributed by atoms with Crippen molar-refractivity contribution in [1.29, 1.82) is 0 Å². The number of hydrogen-bond donors (Lipinski definition) is 0. The molecular formula is C22H27NO3. The van der Waals surface area contributed by atoms with E-state index in [2.05, 4.69) is 0 Å². The molecule has 0 radical (unpaired) electrons. The van der Waals surface area contributed by atoms with Crippen molar-refractivity contribution in [3.05, 3.63) is 65.2 Å². The molecule has 0 saturated heterocycles. The van der Waals surface area contributed by atoms with Crippen LogP contribution in [-0.2, 0) is 4.79 Å². The zero-order chi connectivity index (χ0) is 18.9. The van der Waals surface area contributed by atoms with E-state index in [0.717, 1.165) is 23.3 Å². The van der Waals surface area contributed by atoms with Gasteiger partial charge < -0.3 is 9.64 Å². The minimum atomic E-state index is -0.0126. The first-order chi connectivity index (χ1) is 12.5. The summed E-state index contributed by atoms with van der Waals surface area (Å²) in [5.74, 6) is 0.876. The van der Waals surface area contributed by atoms with Crippen LogP contribution >= 0.6 is 0 Å². The van der Waals surface area contributed by atoms with Crippen LogP contribution in [0.15, 0.2) is 48.5 Å². The molecule has 2 aromatic rings. The molecule has 2 aromatic carbocycles. The maximum atomic E-state index is 12.2. The molecule has 0 fully saturated rings. The largest absolute Gasteiger partial charge is 0.493 e. The Hall–Kier alpha value is -2.62. The van der Waals surface area contributed by atoms with Gasteiger partial charge in [-0.2, -0.15) is 0 Å². The maximum Gasteiger partial charge on any atom is 0.222 e. The molecule has 0 heterocycles. The first kappa shape index (κ1) is 19.7. The van der Waals surface area contributed by atoms with E-state index in [1.54, 1.807) is 11.9 Å². The molecule has 0 aliphatic heterocycles. The molecule has 0 atom stereocenters. The van der Waals surface area contributed by atoms with Crippen LogP contribution in [0, 0.1) is 13.8 Å². The average Bonchev–Trinajstić information content (AvgIpc) is 2.64. The van der Waals surface area contributed by atoms with Crippen LogP contribution in [0.3, 0.4) is 0 Å². The van der Waals surface area contributed by atoms with Gasteiger partial charge in [0.25, 0.3) is 0 Å². The van der Waals surface area contributed by atoms with Crippen molar-refractivity contribution in [1.82, 2.24) is 4.90 Å². The summed E-state index contributed by atoms with van der Waals surface area (Å²) in [4.78, 5) is 26.0. The molecule has 0 aromatic heterocycles. The standard InChI is InChI=1S/C22H27NO3/c1-17-9-11-19(12-10-17)20(24)13-14-22(25)23(3)15-6-16-26-21-8-5-4-7-18(21)2/h4-5,7-12H,6,13-16H2,1-3H3. The predicted octanol–water partition coefficient (Wildman–Crippen LogP) is 4.19. The SMILES string of the molecule is Cc1ccc(C(=O)CCC(=O)N(C)CCCOc2ccccc2C)cc1. The fraction of sp³-hybridized carbons (Fsp3) is 0.364. The summed E-state index contributed by atoms with van der Waals surface area (Å²) in [6.07, 6.45) is 1.23. The minimum absolute atomic E-state index is 0.00892. The van der Waals surface area contributed by atoms with Crippen LogP contribution in [0.4, 0.5) is 0 Å². The van der Waals surface area contributed by atoms with Gasteiger partial charge in [-0.1, -0.05) is 48.0 Å². The van der Waals surface area contributed by atoms with Crippen LogP contribution in [0.5, 0.6) is 5.75 Å². The Bertz CT molecular complexity index is 737. The highest BCUT2D eigenvalue weighted by molar-refractivity contribution is 5.97. The van der Waals surface area contributed by atoms with E-state index < -0.39 is 0 Å². The molecular weight excluding hydrogens is 326 g/mol. The first-order valence-corrected chi connectivity index (χ1v) is 8.99. The fourth-order valence-corrected chi connectivity index (χ4v) is 2.62. The van der Waals surface area contributed by atoms with Gasteiger partial charge in [0, 0.05) is 32.0 Å². The number of carbonyl (C=O) groups is 2. The number of hydrogen-bond acceptors (Lipinski definition) is 3. The summed E-state index contributed by atoms with van der Waals surface area (Å²) in [6.45, 7) is 5.17. The monoisotopic (exact) mass is 353 g/mol. The molecule has 0 aliphatic rings. The quantitative estimate of drug-likeness (QED) is 0.501. The van der Waals surface area contributed by atoms with Gasteiger partial charge in [0.05, 0.1) is 6.61 Å². The average molecular weight is 353 g/mol. The normalized spacial score (nSPS) is 10.4. The van der Waals surface area contributed by atoms with Crippen LogP contribution in [0.2, 0.25) is 0 Å². The number of ether oxygens (including phenoxy) is 1. The number of Topliss-reactive ketones (excluding diaryl/α,β-unsaturated/α-hetero) is 1. The van der Waals surface area contributed by atoms with Crippen molar-refractivity contribution in [3.8, 4) is 5.75 Å². The van der Waals surface area contributed by atoms with Crippen molar-refractivity contribution < 1.29 is 14.3 Å². The van der Waals surface area contributed by atoms with Crippen LogP contribution in [0.25, 0.3) is 0 Å². The summed E-state index contributed by atoms with van der Waals surface area (Å²) in [6, 6.07) is 15.3. The van der Waals surface area contributed by atoms with Crippen molar-refractivity contribution in [2.24, 2.45) is 0 Å². The fourth-order valence-electron chi connectivity index (χ4n) is 2.62. The zero-order valence-electron chi connectivity index (χ0n) is 15.8. The lowest BCUT2D eigenvalue weighted by Crippen LogP contribution is -2.29. The first-order valence-electron chi connectivity index (χ1n) is 8.99. The second-order valence-electron chi connectivity index (χ2n) is 6.57. The Morgan fingerprint density at radius 2 is 1.65 bits per heavy atom. The van der Waals surface area contributed by atoms with Gasteiger partial charge in [0.2, 0.25) is 5.91 Å². The van der Waals surface area contributed by atoms with E-state index in [0.29, 0.717) is 18.7 Å². The summed E-state index contributed by atoms with van der Waals surface area (Å²) in [5, 5.41) is 0. The Balaban J connectivity index is 1.68. The molecule has 0 spiro atoms. The van der Waals surface area contributed by atoms with E-state index in [1.165, 1.54) is 0 Å². The van der Waals surface area contributed by atoms with Crippen molar-refractivity contribution in [2.45, 2.75) is 33.1 Å². The number of para-hydroxylation sites is 1. The summed E-state index contributed by atoms with van der Waals surface area (Å²) >= 11 is 0. The van der Waals surface area contributed by atoms with Gasteiger partial charge in [-0.15, -0.1) is 0 Å². The van der Waals surface area contributed by atoms with Gasteiger partial charge in [-0.05, 0) is 31.9 Å². The third-order valence-electron chi connectivity index (χ3n) is 4.35. The van der Waals surface area contributed by atoms with Crippen molar-refractivity contribution in [2.75, 3.05) is 20.2 Å².